The minimum absolute atomic E-state index is 0.233. The molecule has 70 valence electrons. The van der Waals surface area contributed by atoms with Crippen LogP contribution in [0.25, 0.3) is 0 Å². The van der Waals surface area contributed by atoms with Crippen LogP contribution < -0.4 is 5.32 Å². The van der Waals surface area contributed by atoms with Crippen LogP contribution in [0, 0.1) is 11.3 Å². The Balaban J connectivity index is 2.66. The largest absolute Gasteiger partial charge is 0.290 e. The fourth-order valence-corrected chi connectivity index (χ4v) is 1.30. The fraction of sp³-hybridized carbons (Fsp3) is 0.900. The highest BCUT2D eigenvalue weighted by Gasteiger charge is 2.26. The van der Waals surface area contributed by atoms with E-state index in [0.717, 1.165) is 6.54 Å². The second-order valence-corrected chi connectivity index (χ2v) is 4.90. The van der Waals surface area contributed by atoms with E-state index in [0.29, 0.717) is 12.1 Å². The third-order valence-electron chi connectivity index (χ3n) is 2.27. The molecule has 1 heterocycles. The van der Waals surface area contributed by atoms with E-state index in [1.54, 1.807) is 0 Å². The first-order valence-corrected chi connectivity index (χ1v) is 4.72. The Bertz CT molecular complexity index is 187. The molecule has 0 saturated carbocycles. The van der Waals surface area contributed by atoms with E-state index in [4.69, 9.17) is 0 Å². The molecule has 0 spiro atoms. The monoisotopic (exact) mass is 168 g/mol. The number of aliphatic imine (C=N–C) groups is 1. The van der Waals surface area contributed by atoms with Crippen LogP contribution in [0.4, 0.5) is 0 Å². The molecule has 0 bridgehead atoms. The van der Waals surface area contributed by atoms with Gasteiger partial charge in [0.1, 0.15) is 6.17 Å². The molecular formula is C10H20N2. The zero-order valence-corrected chi connectivity index (χ0v) is 8.81. The van der Waals surface area contributed by atoms with Gasteiger partial charge in [0.2, 0.25) is 0 Å². The summed E-state index contributed by atoms with van der Waals surface area (Å²) in [7, 11) is 0. The van der Waals surface area contributed by atoms with Crippen LogP contribution in [0.3, 0.4) is 0 Å². The van der Waals surface area contributed by atoms with Crippen molar-refractivity contribution in [3.8, 4) is 0 Å². The second kappa shape index (κ2) is 3.17. The first kappa shape index (κ1) is 9.72. The van der Waals surface area contributed by atoms with Gasteiger partial charge in [0.15, 0.2) is 0 Å². The van der Waals surface area contributed by atoms with Crippen molar-refractivity contribution in [2.75, 3.05) is 6.54 Å². The van der Waals surface area contributed by atoms with Crippen LogP contribution in [0.2, 0.25) is 0 Å². The minimum atomic E-state index is 0.233. The van der Waals surface area contributed by atoms with E-state index in [1.165, 1.54) is 5.71 Å². The fourth-order valence-electron chi connectivity index (χ4n) is 1.30. The van der Waals surface area contributed by atoms with Crippen molar-refractivity contribution in [2.45, 2.75) is 40.8 Å². The third kappa shape index (κ3) is 2.07. The Morgan fingerprint density at radius 2 is 2.00 bits per heavy atom. The lowest BCUT2D eigenvalue weighted by atomic mass is 9.90. The lowest BCUT2D eigenvalue weighted by Gasteiger charge is -2.17. The average molecular weight is 168 g/mol. The third-order valence-corrected chi connectivity index (χ3v) is 2.27. The average Bonchev–Trinajstić information content (AvgIpc) is 2.30. The SMILES string of the molecule is CC(C)C1N=C(C(C)(C)C)CN1. The molecule has 0 aromatic carbocycles. The topological polar surface area (TPSA) is 24.4 Å². The summed E-state index contributed by atoms with van der Waals surface area (Å²) in [6.07, 6.45) is 0.347. The van der Waals surface area contributed by atoms with Gasteiger partial charge >= 0.3 is 0 Å². The highest BCUT2D eigenvalue weighted by Crippen LogP contribution is 2.21. The van der Waals surface area contributed by atoms with Crippen LogP contribution >= 0.6 is 0 Å². The van der Waals surface area contributed by atoms with Crippen LogP contribution in [-0.2, 0) is 0 Å². The molecule has 0 aliphatic carbocycles. The van der Waals surface area contributed by atoms with Gasteiger partial charge in [0.05, 0.1) is 0 Å². The van der Waals surface area contributed by atoms with E-state index in [2.05, 4.69) is 44.9 Å². The molecule has 1 aliphatic rings. The molecule has 1 N–H and O–H groups in total. The van der Waals surface area contributed by atoms with Gasteiger partial charge in [-0.05, 0) is 5.92 Å². The molecule has 1 aliphatic heterocycles. The van der Waals surface area contributed by atoms with E-state index < -0.39 is 0 Å². The maximum Gasteiger partial charge on any atom is 0.102 e. The van der Waals surface area contributed by atoms with Crippen molar-refractivity contribution in [1.82, 2.24) is 5.32 Å². The van der Waals surface area contributed by atoms with Crippen molar-refractivity contribution in [2.24, 2.45) is 16.3 Å². The van der Waals surface area contributed by atoms with Gasteiger partial charge in [-0.3, -0.25) is 10.3 Å². The molecule has 0 fully saturated rings. The van der Waals surface area contributed by atoms with Gasteiger partial charge in [0.25, 0.3) is 0 Å². The van der Waals surface area contributed by atoms with Crippen LogP contribution in [-0.4, -0.2) is 18.4 Å². The molecule has 0 saturated heterocycles. The molecule has 1 unspecified atom stereocenters. The van der Waals surface area contributed by atoms with E-state index >= 15 is 0 Å². The predicted molar refractivity (Wildman–Crippen MR) is 53.5 cm³/mol. The lowest BCUT2D eigenvalue weighted by molar-refractivity contribution is 0.453. The summed E-state index contributed by atoms with van der Waals surface area (Å²) >= 11 is 0. The van der Waals surface area contributed by atoms with Crippen molar-refractivity contribution >= 4 is 5.71 Å². The highest BCUT2D eigenvalue weighted by atomic mass is 15.1. The number of nitrogens with one attached hydrogen (secondary N) is 1. The summed E-state index contributed by atoms with van der Waals surface area (Å²) in [6.45, 7) is 12.0. The van der Waals surface area contributed by atoms with Crippen molar-refractivity contribution in [3.63, 3.8) is 0 Å². The molecular weight excluding hydrogens is 148 g/mol. The smallest absolute Gasteiger partial charge is 0.102 e. The normalized spacial score (nSPS) is 24.8. The number of hydrogen-bond acceptors (Lipinski definition) is 2. The summed E-state index contributed by atoms with van der Waals surface area (Å²) in [5.41, 5.74) is 1.54. The zero-order chi connectivity index (χ0) is 9.35. The summed E-state index contributed by atoms with van der Waals surface area (Å²) < 4.78 is 0. The van der Waals surface area contributed by atoms with Gasteiger partial charge in [0, 0.05) is 17.7 Å². The van der Waals surface area contributed by atoms with Crippen LogP contribution in [0.15, 0.2) is 4.99 Å². The molecule has 0 aromatic rings. The summed E-state index contributed by atoms with van der Waals surface area (Å²) in [5, 5.41) is 3.41. The van der Waals surface area contributed by atoms with Gasteiger partial charge in [-0.15, -0.1) is 0 Å². The first-order valence-electron chi connectivity index (χ1n) is 4.72. The summed E-state index contributed by atoms with van der Waals surface area (Å²) in [4.78, 5) is 4.66. The Kier molecular flexibility index (Phi) is 2.57. The van der Waals surface area contributed by atoms with Gasteiger partial charge < -0.3 is 0 Å². The lowest BCUT2D eigenvalue weighted by Crippen LogP contribution is -2.30. The number of hydrogen-bond donors (Lipinski definition) is 1. The van der Waals surface area contributed by atoms with Crippen molar-refractivity contribution in [1.29, 1.82) is 0 Å². The van der Waals surface area contributed by atoms with E-state index in [1.807, 2.05) is 0 Å². The molecule has 0 aromatic heterocycles. The molecule has 0 radical (unpaired) electrons. The zero-order valence-electron chi connectivity index (χ0n) is 8.81. The molecule has 0 amide bonds. The molecule has 1 rings (SSSR count). The maximum atomic E-state index is 4.66. The Labute approximate surface area is 75.5 Å². The Morgan fingerprint density at radius 3 is 2.25 bits per heavy atom. The van der Waals surface area contributed by atoms with Gasteiger partial charge in [-0.2, -0.15) is 0 Å². The van der Waals surface area contributed by atoms with Crippen LogP contribution in [0.5, 0.6) is 0 Å². The van der Waals surface area contributed by atoms with Crippen molar-refractivity contribution < 1.29 is 0 Å². The maximum absolute atomic E-state index is 4.66. The van der Waals surface area contributed by atoms with Gasteiger partial charge in [-0.1, -0.05) is 34.6 Å². The van der Waals surface area contributed by atoms with Gasteiger partial charge in [-0.25, -0.2) is 0 Å². The number of rotatable bonds is 1. The standard InChI is InChI=1S/C10H20N2/c1-7(2)9-11-6-8(12-9)10(3,4)5/h7,9,11H,6H2,1-5H3. The summed E-state index contributed by atoms with van der Waals surface area (Å²) in [5.74, 6) is 0.602. The second-order valence-electron chi connectivity index (χ2n) is 4.90. The molecule has 2 heteroatoms. The Hall–Kier alpha value is -0.370. The van der Waals surface area contributed by atoms with Crippen LogP contribution in [0.1, 0.15) is 34.6 Å². The quantitative estimate of drug-likeness (QED) is 0.636. The van der Waals surface area contributed by atoms with Crippen molar-refractivity contribution in [3.05, 3.63) is 0 Å². The molecule has 1 atom stereocenters. The molecule has 12 heavy (non-hydrogen) atoms. The Morgan fingerprint density at radius 1 is 1.42 bits per heavy atom. The number of nitrogens with zero attached hydrogens (tertiary/aromatic N) is 1. The van der Waals surface area contributed by atoms with E-state index in [9.17, 15) is 0 Å². The predicted octanol–water partition coefficient (Wildman–Crippen LogP) is 2.06. The highest BCUT2D eigenvalue weighted by molar-refractivity contribution is 5.92. The first-order chi connectivity index (χ1) is 5.41. The summed E-state index contributed by atoms with van der Waals surface area (Å²) in [6, 6.07) is 0. The van der Waals surface area contributed by atoms with E-state index in [-0.39, 0.29) is 5.41 Å². The molecule has 2 nitrogen and oxygen atoms in total. The minimum Gasteiger partial charge on any atom is -0.290 e.